The minimum absolute atomic E-state index is 0. The molecule has 0 atom stereocenters. The van der Waals surface area contributed by atoms with Crippen molar-refractivity contribution < 1.29 is 9.57 Å². The van der Waals surface area contributed by atoms with Crippen LogP contribution < -0.4 is 16.2 Å². The molecule has 0 bridgehead atoms. The molecule has 0 aliphatic carbocycles. The van der Waals surface area contributed by atoms with Crippen molar-refractivity contribution in [2.45, 2.75) is 39.8 Å². The summed E-state index contributed by atoms with van der Waals surface area (Å²) in [5.74, 6) is 1.24. The molecule has 0 saturated carbocycles. The Morgan fingerprint density at radius 2 is 1.71 bits per heavy atom. The van der Waals surface area contributed by atoms with Gasteiger partial charge in [0.1, 0.15) is 5.75 Å². The molecule has 0 amide bonds. The fraction of sp³-hybridized carbons (Fsp3) is 0.500. The van der Waals surface area contributed by atoms with E-state index in [2.05, 4.69) is 29.9 Å². The second-order valence-electron chi connectivity index (χ2n) is 6.09. The SMILES string of the molecule is Br.Cc1cc(C)cc(OCCCON2C(N)=NC(N)=NC2(C)C)c1. The molecule has 4 N–H and O–H groups in total. The minimum Gasteiger partial charge on any atom is -0.493 e. The Hall–Kier alpha value is -1.80. The fourth-order valence-electron chi connectivity index (χ4n) is 2.44. The molecular weight excluding hydrogens is 374 g/mol. The van der Waals surface area contributed by atoms with Gasteiger partial charge in [0.25, 0.3) is 0 Å². The molecule has 7 nitrogen and oxygen atoms in total. The average Bonchev–Trinajstić information content (AvgIpc) is 2.38. The van der Waals surface area contributed by atoms with Crippen LogP contribution in [-0.4, -0.2) is 35.9 Å². The molecule has 0 unspecified atom stereocenters. The second-order valence-corrected chi connectivity index (χ2v) is 6.09. The molecule has 1 aromatic carbocycles. The summed E-state index contributed by atoms with van der Waals surface area (Å²) >= 11 is 0. The van der Waals surface area contributed by atoms with Crippen molar-refractivity contribution in [1.82, 2.24) is 5.06 Å². The predicted octanol–water partition coefficient (Wildman–Crippen LogP) is 2.26. The summed E-state index contributed by atoms with van der Waals surface area (Å²) < 4.78 is 5.75. The average molecular weight is 400 g/mol. The molecule has 0 fully saturated rings. The highest BCUT2D eigenvalue weighted by Crippen LogP contribution is 2.20. The van der Waals surface area contributed by atoms with Crippen molar-refractivity contribution in [1.29, 1.82) is 0 Å². The zero-order valence-corrected chi connectivity index (χ0v) is 16.3. The van der Waals surface area contributed by atoms with Gasteiger partial charge in [-0.15, -0.1) is 17.0 Å². The highest BCUT2D eigenvalue weighted by atomic mass is 79.9. The first-order chi connectivity index (χ1) is 10.8. The molecule has 134 valence electrons. The van der Waals surface area contributed by atoms with Crippen LogP contribution >= 0.6 is 17.0 Å². The van der Waals surface area contributed by atoms with Gasteiger partial charge in [-0.1, -0.05) is 6.07 Å². The zero-order chi connectivity index (χ0) is 17.0. The molecule has 0 radical (unpaired) electrons. The molecule has 8 heteroatoms. The van der Waals surface area contributed by atoms with Crippen LogP contribution in [0.25, 0.3) is 0 Å². The molecule has 24 heavy (non-hydrogen) atoms. The Morgan fingerprint density at radius 3 is 2.29 bits per heavy atom. The Labute approximate surface area is 153 Å². The number of nitrogens with two attached hydrogens (primary N) is 2. The van der Waals surface area contributed by atoms with E-state index in [-0.39, 0.29) is 28.9 Å². The molecule has 0 spiro atoms. The van der Waals surface area contributed by atoms with E-state index >= 15 is 0 Å². The van der Waals surface area contributed by atoms with E-state index < -0.39 is 5.66 Å². The number of aliphatic imine (C=N–C) groups is 2. The van der Waals surface area contributed by atoms with Crippen molar-refractivity contribution in [3.8, 4) is 5.75 Å². The van der Waals surface area contributed by atoms with Crippen molar-refractivity contribution in [3.05, 3.63) is 29.3 Å². The number of benzene rings is 1. The molecule has 0 saturated heterocycles. The number of nitrogens with zero attached hydrogens (tertiary/aromatic N) is 3. The monoisotopic (exact) mass is 399 g/mol. The highest BCUT2D eigenvalue weighted by molar-refractivity contribution is 8.93. The van der Waals surface area contributed by atoms with E-state index in [1.54, 1.807) is 0 Å². The van der Waals surface area contributed by atoms with Crippen molar-refractivity contribution in [2.24, 2.45) is 21.5 Å². The lowest BCUT2D eigenvalue weighted by Crippen LogP contribution is -2.53. The predicted molar refractivity (Wildman–Crippen MR) is 101 cm³/mol. The number of hydrogen-bond acceptors (Lipinski definition) is 7. The Bertz CT molecular complexity index is 611. The molecular formula is C16H26BrN5O2. The summed E-state index contributed by atoms with van der Waals surface area (Å²) in [6.45, 7) is 8.81. The summed E-state index contributed by atoms with van der Waals surface area (Å²) in [7, 11) is 0. The zero-order valence-electron chi connectivity index (χ0n) is 14.6. The number of guanidine groups is 2. The molecule has 0 aromatic heterocycles. The van der Waals surface area contributed by atoms with Gasteiger partial charge in [0.15, 0.2) is 5.66 Å². The molecule has 2 rings (SSSR count). The lowest BCUT2D eigenvalue weighted by molar-refractivity contribution is -0.158. The third kappa shape index (κ3) is 5.38. The maximum Gasteiger partial charge on any atom is 0.226 e. The first kappa shape index (κ1) is 20.2. The van der Waals surface area contributed by atoms with Gasteiger partial charge in [-0.05, 0) is 51.0 Å². The third-order valence-corrected chi connectivity index (χ3v) is 3.30. The maximum atomic E-state index is 5.84. The number of rotatable bonds is 6. The lowest BCUT2D eigenvalue weighted by Gasteiger charge is -2.36. The minimum atomic E-state index is -0.676. The van der Waals surface area contributed by atoms with Crippen molar-refractivity contribution >= 4 is 28.9 Å². The Kier molecular flexibility index (Phi) is 7.04. The van der Waals surface area contributed by atoms with E-state index in [0.29, 0.717) is 19.6 Å². The standard InChI is InChI=1S/C16H25N5O2.BrH/c1-11-8-12(2)10-13(9-11)22-6-5-7-23-21-15(18)19-14(17)20-16(21,3)4;/h8-10H,5-7H2,1-4H3,(H4,17,18,19,20);1H. The maximum absolute atomic E-state index is 5.84. The summed E-state index contributed by atoms with van der Waals surface area (Å²) in [5, 5.41) is 1.47. The first-order valence-corrected chi connectivity index (χ1v) is 7.62. The van der Waals surface area contributed by atoms with Gasteiger partial charge in [-0.3, -0.25) is 4.84 Å². The van der Waals surface area contributed by atoms with E-state index in [4.69, 9.17) is 21.0 Å². The van der Waals surface area contributed by atoms with Crippen LogP contribution in [0.5, 0.6) is 5.75 Å². The Balaban J connectivity index is 0.00000288. The summed E-state index contributed by atoms with van der Waals surface area (Å²) in [6, 6.07) is 6.15. The topological polar surface area (TPSA) is 98.5 Å². The summed E-state index contributed by atoms with van der Waals surface area (Å²) in [6.07, 6.45) is 0.714. The molecule has 1 aromatic rings. The van der Waals surface area contributed by atoms with Crippen LogP contribution in [0.4, 0.5) is 0 Å². The van der Waals surface area contributed by atoms with Crippen LogP contribution in [0.15, 0.2) is 28.2 Å². The number of ether oxygens (including phenoxy) is 1. The molecule has 1 heterocycles. The summed E-state index contributed by atoms with van der Waals surface area (Å²) in [4.78, 5) is 13.8. The van der Waals surface area contributed by atoms with Crippen LogP contribution in [0.2, 0.25) is 0 Å². The Morgan fingerprint density at radius 1 is 1.08 bits per heavy atom. The van der Waals surface area contributed by atoms with E-state index in [1.165, 1.54) is 16.2 Å². The van der Waals surface area contributed by atoms with E-state index in [1.807, 2.05) is 26.0 Å². The van der Waals surface area contributed by atoms with Crippen LogP contribution in [0, 0.1) is 13.8 Å². The van der Waals surface area contributed by atoms with Gasteiger partial charge in [0.05, 0.1) is 13.2 Å². The number of hydrogen-bond donors (Lipinski definition) is 2. The quantitative estimate of drug-likeness (QED) is 0.714. The number of halogens is 1. The number of hydroxylamine groups is 2. The summed E-state index contributed by atoms with van der Waals surface area (Å²) in [5.41, 5.74) is 13.1. The van der Waals surface area contributed by atoms with E-state index in [0.717, 1.165) is 5.75 Å². The largest absolute Gasteiger partial charge is 0.493 e. The second kappa shape index (κ2) is 8.34. The van der Waals surface area contributed by atoms with Crippen molar-refractivity contribution in [3.63, 3.8) is 0 Å². The normalized spacial score (nSPS) is 16.1. The van der Waals surface area contributed by atoms with Gasteiger partial charge in [-0.25, -0.2) is 4.99 Å². The van der Waals surface area contributed by atoms with Crippen LogP contribution in [-0.2, 0) is 4.84 Å². The molecule has 1 aliphatic rings. The van der Waals surface area contributed by atoms with Gasteiger partial charge in [0.2, 0.25) is 11.9 Å². The third-order valence-electron chi connectivity index (χ3n) is 3.30. The highest BCUT2D eigenvalue weighted by Gasteiger charge is 2.32. The van der Waals surface area contributed by atoms with Gasteiger partial charge < -0.3 is 16.2 Å². The van der Waals surface area contributed by atoms with Crippen LogP contribution in [0.1, 0.15) is 31.4 Å². The lowest BCUT2D eigenvalue weighted by atomic mass is 10.1. The van der Waals surface area contributed by atoms with Gasteiger partial charge in [-0.2, -0.15) is 10.1 Å². The van der Waals surface area contributed by atoms with E-state index in [9.17, 15) is 0 Å². The first-order valence-electron chi connectivity index (χ1n) is 7.62. The van der Waals surface area contributed by atoms with Crippen LogP contribution in [0.3, 0.4) is 0 Å². The number of aryl methyl sites for hydroxylation is 2. The van der Waals surface area contributed by atoms with Crippen molar-refractivity contribution in [2.75, 3.05) is 13.2 Å². The molecule has 1 aliphatic heterocycles. The smallest absolute Gasteiger partial charge is 0.226 e. The van der Waals surface area contributed by atoms with Gasteiger partial charge in [0, 0.05) is 6.42 Å². The van der Waals surface area contributed by atoms with Gasteiger partial charge >= 0.3 is 0 Å². The fourth-order valence-corrected chi connectivity index (χ4v) is 2.44.